The summed E-state index contributed by atoms with van der Waals surface area (Å²) in [6.45, 7) is 9.07. The van der Waals surface area contributed by atoms with E-state index in [0.29, 0.717) is 4.90 Å². The number of carbonyl (C=O) groups is 2. The smallest absolute Gasteiger partial charge is 0.334 e. The monoisotopic (exact) mass is 272 g/mol. The molecule has 7 nitrogen and oxygen atoms in total. The molecule has 0 aliphatic rings. The summed E-state index contributed by atoms with van der Waals surface area (Å²) in [6, 6.07) is -1.99. The zero-order valence-corrected chi connectivity index (χ0v) is 12.5. The summed E-state index contributed by atoms with van der Waals surface area (Å²) < 4.78 is 4.67. The molecule has 0 saturated carbocycles. The molecule has 0 heterocycles. The average Bonchev–Trinajstić information content (AvgIpc) is 2.26. The third-order valence-electron chi connectivity index (χ3n) is 2.27. The van der Waals surface area contributed by atoms with Gasteiger partial charge in [0.2, 0.25) is 0 Å². The minimum Gasteiger partial charge on any atom is -0.468 e. The van der Waals surface area contributed by atoms with Gasteiger partial charge in [0, 0.05) is 11.6 Å². The first-order chi connectivity index (χ1) is 8.62. The zero-order chi connectivity index (χ0) is 15.2. The Hall–Kier alpha value is -1.79. The van der Waals surface area contributed by atoms with E-state index in [0.717, 1.165) is 6.42 Å². The van der Waals surface area contributed by atoms with Crippen LogP contribution in [0.4, 0.5) is 9.59 Å². The van der Waals surface area contributed by atoms with Gasteiger partial charge in [0.15, 0.2) is 0 Å². The quantitative estimate of drug-likeness (QED) is 0.529. The molecule has 0 saturated heterocycles. The van der Waals surface area contributed by atoms with E-state index in [-0.39, 0.29) is 6.04 Å². The van der Waals surface area contributed by atoms with Crippen molar-refractivity contribution in [3.05, 3.63) is 0 Å². The van der Waals surface area contributed by atoms with E-state index in [2.05, 4.69) is 15.4 Å². The number of nitrogens with one attached hydrogen (secondary N) is 3. The number of rotatable bonds is 2. The number of carbonyl (C=O) groups excluding carboxylic acids is 2. The minimum atomic E-state index is -0.694. The standard InChI is InChI=1S/C12H24N4O3/c1-7-8(2)14-10(17)16(9(13)19-6)11(18)15-12(3,4)5/h8,13H,7H2,1-6H3,(H,14,17)(H,15,18). The Balaban J connectivity index is 4.96. The summed E-state index contributed by atoms with van der Waals surface area (Å²) in [5, 5.41) is 12.8. The van der Waals surface area contributed by atoms with Crippen LogP contribution in [0.5, 0.6) is 0 Å². The molecule has 0 aromatic rings. The summed E-state index contributed by atoms with van der Waals surface area (Å²) in [5.41, 5.74) is -0.514. The first-order valence-electron chi connectivity index (χ1n) is 6.17. The van der Waals surface area contributed by atoms with Gasteiger partial charge in [-0.05, 0) is 34.1 Å². The number of amides is 4. The van der Waals surface area contributed by atoms with Crippen LogP contribution in [-0.4, -0.2) is 41.7 Å². The van der Waals surface area contributed by atoms with Crippen molar-refractivity contribution in [3.8, 4) is 0 Å². The third kappa shape index (κ3) is 6.08. The van der Waals surface area contributed by atoms with E-state index >= 15 is 0 Å². The fourth-order valence-corrected chi connectivity index (χ4v) is 1.12. The number of methoxy groups -OCH3 is 1. The molecule has 4 amide bonds. The summed E-state index contributed by atoms with van der Waals surface area (Å²) in [4.78, 5) is 24.6. The first kappa shape index (κ1) is 17.2. The molecule has 1 atom stereocenters. The molecule has 0 aliphatic heterocycles. The molecule has 110 valence electrons. The first-order valence-corrected chi connectivity index (χ1v) is 6.17. The molecule has 0 aromatic heterocycles. The molecule has 7 heteroatoms. The highest BCUT2D eigenvalue weighted by atomic mass is 16.5. The van der Waals surface area contributed by atoms with Gasteiger partial charge in [-0.1, -0.05) is 6.92 Å². The van der Waals surface area contributed by atoms with Crippen molar-refractivity contribution in [2.24, 2.45) is 0 Å². The average molecular weight is 272 g/mol. The van der Waals surface area contributed by atoms with Gasteiger partial charge in [0.1, 0.15) is 0 Å². The van der Waals surface area contributed by atoms with Crippen molar-refractivity contribution in [1.29, 1.82) is 5.41 Å². The van der Waals surface area contributed by atoms with E-state index in [1.807, 2.05) is 13.8 Å². The van der Waals surface area contributed by atoms with Crippen LogP contribution in [0.1, 0.15) is 41.0 Å². The maximum Gasteiger partial charge on any atom is 0.334 e. The molecular formula is C12H24N4O3. The molecule has 0 fully saturated rings. The van der Waals surface area contributed by atoms with Crippen LogP contribution in [0.2, 0.25) is 0 Å². The molecule has 0 radical (unpaired) electrons. The highest BCUT2D eigenvalue weighted by Crippen LogP contribution is 2.03. The van der Waals surface area contributed by atoms with Crippen LogP contribution in [0.3, 0.4) is 0 Å². The lowest BCUT2D eigenvalue weighted by Crippen LogP contribution is -2.56. The Morgan fingerprint density at radius 2 is 1.84 bits per heavy atom. The number of ether oxygens (including phenoxy) is 1. The summed E-state index contributed by atoms with van der Waals surface area (Å²) >= 11 is 0. The van der Waals surface area contributed by atoms with Gasteiger partial charge in [0.25, 0.3) is 0 Å². The lowest BCUT2D eigenvalue weighted by molar-refractivity contribution is 0.187. The Labute approximate surface area is 114 Å². The van der Waals surface area contributed by atoms with Gasteiger partial charge in [0.05, 0.1) is 7.11 Å². The highest BCUT2D eigenvalue weighted by molar-refractivity contribution is 6.08. The second kappa shape index (κ2) is 6.96. The fraction of sp³-hybridized carbons (Fsp3) is 0.750. The normalized spacial score (nSPS) is 12.3. The van der Waals surface area contributed by atoms with E-state index in [4.69, 9.17) is 5.41 Å². The molecule has 3 N–H and O–H groups in total. The fourth-order valence-electron chi connectivity index (χ4n) is 1.12. The van der Waals surface area contributed by atoms with Gasteiger partial charge in [-0.25, -0.2) is 9.59 Å². The van der Waals surface area contributed by atoms with Gasteiger partial charge >= 0.3 is 18.1 Å². The summed E-state index contributed by atoms with van der Waals surface area (Å²) in [7, 11) is 1.23. The lowest BCUT2D eigenvalue weighted by Gasteiger charge is -2.27. The van der Waals surface area contributed by atoms with Crippen molar-refractivity contribution < 1.29 is 14.3 Å². The Bertz CT molecular complexity index is 349. The zero-order valence-electron chi connectivity index (χ0n) is 12.5. The Kier molecular flexibility index (Phi) is 6.31. The third-order valence-corrected chi connectivity index (χ3v) is 2.27. The number of amidine groups is 1. The SMILES string of the molecule is CCC(C)NC(=O)N(C(=N)OC)C(=O)NC(C)(C)C. The lowest BCUT2D eigenvalue weighted by atomic mass is 10.1. The number of hydrogen-bond donors (Lipinski definition) is 3. The second-order valence-corrected chi connectivity index (χ2v) is 5.28. The molecular weight excluding hydrogens is 248 g/mol. The van der Waals surface area contributed by atoms with Crippen LogP contribution in [0.15, 0.2) is 0 Å². The van der Waals surface area contributed by atoms with Crippen molar-refractivity contribution in [2.45, 2.75) is 52.6 Å². The van der Waals surface area contributed by atoms with Crippen LogP contribution in [0.25, 0.3) is 0 Å². The van der Waals surface area contributed by atoms with Gasteiger partial charge in [-0.3, -0.25) is 5.41 Å². The van der Waals surface area contributed by atoms with Crippen molar-refractivity contribution in [1.82, 2.24) is 15.5 Å². The van der Waals surface area contributed by atoms with Crippen molar-refractivity contribution >= 4 is 18.1 Å². The molecule has 19 heavy (non-hydrogen) atoms. The van der Waals surface area contributed by atoms with Gasteiger partial charge in [-0.15, -0.1) is 0 Å². The number of urea groups is 2. The van der Waals surface area contributed by atoms with Gasteiger partial charge < -0.3 is 15.4 Å². The van der Waals surface area contributed by atoms with Crippen LogP contribution in [-0.2, 0) is 4.74 Å². The Morgan fingerprint density at radius 1 is 1.32 bits per heavy atom. The molecule has 0 spiro atoms. The molecule has 1 unspecified atom stereocenters. The van der Waals surface area contributed by atoms with Crippen LogP contribution < -0.4 is 10.6 Å². The highest BCUT2D eigenvalue weighted by Gasteiger charge is 2.30. The molecule has 0 rings (SSSR count). The van der Waals surface area contributed by atoms with Crippen LogP contribution in [0, 0.1) is 5.41 Å². The van der Waals surface area contributed by atoms with Crippen molar-refractivity contribution in [2.75, 3.05) is 7.11 Å². The topological polar surface area (TPSA) is 94.5 Å². The maximum atomic E-state index is 12.0. The van der Waals surface area contributed by atoms with Crippen LogP contribution >= 0.6 is 0 Å². The minimum absolute atomic E-state index is 0.0953. The van der Waals surface area contributed by atoms with E-state index in [1.54, 1.807) is 20.8 Å². The Morgan fingerprint density at radius 3 is 2.21 bits per heavy atom. The number of imide groups is 1. The van der Waals surface area contributed by atoms with Crippen molar-refractivity contribution in [3.63, 3.8) is 0 Å². The number of nitrogens with zero attached hydrogens (tertiary/aromatic N) is 1. The maximum absolute atomic E-state index is 12.0. The van der Waals surface area contributed by atoms with Gasteiger partial charge in [-0.2, -0.15) is 4.90 Å². The largest absolute Gasteiger partial charge is 0.468 e. The van der Waals surface area contributed by atoms with E-state index in [9.17, 15) is 9.59 Å². The van der Waals surface area contributed by atoms with E-state index < -0.39 is 23.6 Å². The summed E-state index contributed by atoms with van der Waals surface area (Å²) in [5.74, 6) is 0. The number of hydrogen-bond acceptors (Lipinski definition) is 4. The predicted molar refractivity (Wildman–Crippen MR) is 73.1 cm³/mol. The molecule has 0 aromatic carbocycles. The predicted octanol–water partition coefficient (Wildman–Crippen LogP) is 1.89. The van der Waals surface area contributed by atoms with E-state index in [1.165, 1.54) is 7.11 Å². The molecule has 0 bridgehead atoms. The molecule has 0 aliphatic carbocycles. The summed E-state index contributed by atoms with van der Waals surface area (Å²) in [6.07, 6.45) is 0.723. The second-order valence-electron chi connectivity index (χ2n) is 5.28.